The Bertz CT molecular complexity index is 417. The van der Waals surface area contributed by atoms with Crippen molar-refractivity contribution in [3.8, 4) is 0 Å². The molecule has 0 aromatic heterocycles. The highest BCUT2D eigenvalue weighted by molar-refractivity contribution is 6.36. The summed E-state index contributed by atoms with van der Waals surface area (Å²) in [5.41, 5.74) is 7.95. The van der Waals surface area contributed by atoms with Gasteiger partial charge in [0.05, 0.1) is 21.8 Å². The van der Waals surface area contributed by atoms with Crippen LogP contribution in [0, 0.1) is 0 Å². The molecule has 0 aliphatic rings. The van der Waals surface area contributed by atoms with E-state index in [0.717, 1.165) is 6.07 Å². The van der Waals surface area contributed by atoms with E-state index in [0.29, 0.717) is 6.07 Å². The maximum absolute atomic E-state index is 12.4. The molecule has 0 heterocycles. The van der Waals surface area contributed by atoms with E-state index in [1.54, 1.807) is 0 Å². The molecule has 1 aromatic rings. The molecular weight excluding hydrogens is 233 g/mol. The first kappa shape index (κ1) is 11.6. The lowest BCUT2D eigenvalue weighted by Crippen LogP contribution is -2.20. The van der Waals surface area contributed by atoms with E-state index in [4.69, 9.17) is 23.1 Å². The van der Waals surface area contributed by atoms with E-state index in [1.807, 2.05) is 0 Å². The average Bonchev–Trinajstić information content (AvgIpc) is 2.06. The summed E-state index contributed by atoms with van der Waals surface area (Å²) in [5, 5.41) is -0.475. The number of nitrogen functional groups attached to an aromatic ring is 1. The van der Waals surface area contributed by atoms with Gasteiger partial charge in [0, 0.05) is 0 Å². The second-order valence-corrected chi connectivity index (χ2v) is 3.13. The molecule has 82 valence electrons. The normalized spacial score (nSPS) is 11.5. The Kier molecular flexibility index (Phi) is 2.81. The monoisotopic (exact) mass is 238 g/mol. The Morgan fingerprint density at radius 2 is 1.87 bits per heavy atom. The zero-order chi connectivity index (χ0) is 11.8. The number of carbonyl (C=O) groups excluding carboxylic acids is 1. The number of benzene rings is 1. The maximum atomic E-state index is 12.4. The van der Waals surface area contributed by atoms with Crippen LogP contribution in [0.1, 0.15) is 15.9 Å². The van der Waals surface area contributed by atoms with Crippen LogP contribution in [-0.2, 0) is 6.18 Å². The SMILES string of the molecule is NC(=O)c1c(C(F)(F)F)ccc(N)c1Cl. The van der Waals surface area contributed by atoms with Crippen LogP contribution in [0.5, 0.6) is 0 Å². The van der Waals surface area contributed by atoms with Crippen LogP contribution in [0.4, 0.5) is 18.9 Å². The largest absolute Gasteiger partial charge is 0.417 e. The van der Waals surface area contributed by atoms with Gasteiger partial charge in [0.15, 0.2) is 0 Å². The minimum atomic E-state index is -4.69. The molecule has 4 N–H and O–H groups in total. The van der Waals surface area contributed by atoms with Crippen LogP contribution in [0.15, 0.2) is 12.1 Å². The molecule has 0 saturated carbocycles. The molecule has 1 amide bonds. The van der Waals surface area contributed by atoms with Crippen molar-refractivity contribution >= 4 is 23.2 Å². The first-order valence-electron chi connectivity index (χ1n) is 3.70. The van der Waals surface area contributed by atoms with Gasteiger partial charge in [0.25, 0.3) is 5.91 Å². The van der Waals surface area contributed by atoms with Crippen LogP contribution in [-0.4, -0.2) is 5.91 Å². The molecule has 0 aliphatic carbocycles. The number of halogens is 4. The fourth-order valence-electron chi connectivity index (χ4n) is 1.07. The van der Waals surface area contributed by atoms with Gasteiger partial charge >= 0.3 is 6.18 Å². The summed E-state index contributed by atoms with van der Waals surface area (Å²) in [6.45, 7) is 0. The van der Waals surface area contributed by atoms with E-state index in [1.165, 1.54) is 0 Å². The number of nitrogens with two attached hydrogens (primary N) is 2. The predicted molar refractivity (Wildman–Crippen MR) is 49.4 cm³/mol. The molecule has 0 bridgehead atoms. The number of hydrogen-bond acceptors (Lipinski definition) is 2. The molecule has 0 fully saturated rings. The molecule has 0 unspecified atom stereocenters. The number of hydrogen-bond donors (Lipinski definition) is 2. The standard InChI is InChI=1S/C8H6ClF3N2O/c9-6-4(13)2-1-3(8(10,11)12)5(6)7(14)15/h1-2H,13H2,(H2,14,15). The van der Waals surface area contributed by atoms with Crippen LogP contribution in [0.25, 0.3) is 0 Å². The van der Waals surface area contributed by atoms with Gasteiger partial charge in [-0.25, -0.2) is 0 Å². The van der Waals surface area contributed by atoms with Crippen molar-refractivity contribution in [2.45, 2.75) is 6.18 Å². The van der Waals surface area contributed by atoms with Gasteiger partial charge in [-0.05, 0) is 12.1 Å². The molecule has 0 aliphatic heterocycles. The molecular formula is C8H6ClF3N2O. The van der Waals surface area contributed by atoms with Crippen LogP contribution < -0.4 is 11.5 Å². The highest BCUT2D eigenvalue weighted by atomic mass is 35.5. The average molecular weight is 239 g/mol. The summed E-state index contributed by atoms with van der Waals surface area (Å²) in [6.07, 6.45) is -4.69. The number of rotatable bonds is 1. The topological polar surface area (TPSA) is 69.1 Å². The van der Waals surface area contributed by atoms with Gasteiger partial charge in [-0.3, -0.25) is 4.79 Å². The summed E-state index contributed by atoms with van der Waals surface area (Å²) >= 11 is 5.47. The second kappa shape index (κ2) is 3.62. The lowest BCUT2D eigenvalue weighted by molar-refractivity contribution is -0.137. The third-order valence-corrected chi connectivity index (χ3v) is 2.13. The highest BCUT2D eigenvalue weighted by Crippen LogP contribution is 2.36. The zero-order valence-electron chi connectivity index (χ0n) is 7.23. The first-order chi connectivity index (χ1) is 6.75. The van der Waals surface area contributed by atoms with Gasteiger partial charge in [-0.15, -0.1) is 0 Å². The number of alkyl halides is 3. The van der Waals surface area contributed by atoms with E-state index < -0.39 is 28.2 Å². The summed E-state index contributed by atoms with van der Waals surface area (Å²) < 4.78 is 37.2. The van der Waals surface area contributed by atoms with E-state index in [9.17, 15) is 18.0 Å². The van der Waals surface area contributed by atoms with Crippen molar-refractivity contribution in [2.24, 2.45) is 5.73 Å². The molecule has 1 aromatic carbocycles. The number of carbonyl (C=O) groups is 1. The zero-order valence-corrected chi connectivity index (χ0v) is 7.99. The minimum absolute atomic E-state index is 0.126. The Morgan fingerprint density at radius 3 is 2.27 bits per heavy atom. The molecule has 0 saturated heterocycles. The summed E-state index contributed by atoms with van der Waals surface area (Å²) in [4.78, 5) is 10.8. The predicted octanol–water partition coefficient (Wildman–Crippen LogP) is 2.04. The number of amides is 1. The molecule has 15 heavy (non-hydrogen) atoms. The molecule has 0 spiro atoms. The van der Waals surface area contributed by atoms with E-state index in [-0.39, 0.29) is 5.69 Å². The summed E-state index contributed by atoms with van der Waals surface area (Å²) in [7, 11) is 0. The third-order valence-electron chi connectivity index (χ3n) is 1.72. The lowest BCUT2D eigenvalue weighted by atomic mass is 10.1. The third kappa shape index (κ3) is 2.15. The smallest absolute Gasteiger partial charge is 0.398 e. The van der Waals surface area contributed by atoms with Gasteiger partial charge < -0.3 is 11.5 Å². The fraction of sp³-hybridized carbons (Fsp3) is 0.125. The van der Waals surface area contributed by atoms with Crippen molar-refractivity contribution in [1.82, 2.24) is 0 Å². The fourth-order valence-corrected chi connectivity index (χ4v) is 1.33. The van der Waals surface area contributed by atoms with Crippen LogP contribution in [0.3, 0.4) is 0 Å². The lowest BCUT2D eigenvalue weighted by Gasteiger charge is -2.12. The van der Waals surface area contributed by atoms with Gasteiger partial charge in [-0.1, -0.05) is 11.6 Å². The Hall–Kier alpha value is -1.43. The van der Waals surface area contributed by atoms with Crippen molar-refractivity contribution in [2.75, 3.05) is 5.73 Å². The van der Waals surface area contributed by atoms with Gasteiger partial charge in [0.1, 0.15) is 0 Å². The van der Waals surface area contributed by atoms with Crippen molar-refractivity contribution in [3.63, 3.8) is 0 Å². The summed E-state index contributed by atoms with van der Waals surface area (Å²) in [5.74, 6) is -1.26. The second-order valence-electron chi connectivity index (χ2n) is 2.75. The minimum Gasteiger partial charge on any atom is -0.398 e. The van der Waals surface area contributed by atoms with Gasteiger partial charge in [0.2, 0.25) is 0 Å². The quantitative estimate of drug-likeness (QED) is 0.735. The van der Waals surface area contributed by atoms with Crippen LogP contribution in [0.2, 0.25) is 5.02 Å². The Morgan fingerprint density at radius 1 is 1.33 bits per heavy atom. The number of primary amides is 1. The number of anilines is 1. The van der Waals surface area contributed by atoms with E-state index in [2.05, 4.69) is 0 Å². The Labute approximate surface area is 87.8 Å². The first-order valence-corrected chi connectivity index (χ1v) is 4.08. The van der Waals surface area contributed by atoms with Crippen LogP contribution >= 0.6 is 11.6 Å². The molecule has 0 atom stereocenters. The summed E-state index contributed by atoms with van der Waals surface area (Å²) in [6, 6.07) is 1.64. The molecule has 3 nitrogen and oxygen atoms in total. The molecule has 0 radical (unpaired) electrons. The highest BCUT2D eigenvalue weighted by Gasteiger charge is 2.36. The van der Waals surface area contributed by atoms with E-state index >= 15 is 0 Å². The van der Waals surface area contributed by atoms with Crippen molar-refractivity contribution < 1.29 is 18.0 Å². The molecule has 1 rings (SSSR count). The maximum Gasteiger partial charge on any atom is 0.417 e. The molecule has 7 heteroatoms. The van der Waals surface area contributed by atoms with Crippen molar-refractivity contribution in [3.05, 3.63) is 28.3 Å². The van der Waals surface area contributed by atoms with Gasteiger partial charge in [-0.2, -0.15) is 13.2 Å². The van der Waals surface area contributed by atoms with Crippen molar-refractivity contribution in [1.29, 1.82) is 0 Å². The Balaban J connectivity index is 3.55.